The van der Waals surface area contributed by atoms with Crippen LogP contribution in [-0.2, 0) is 23.7 Å². The molecule has 106 valence electrons. The average Bonchev–Trinajstić information content (AvgIpc) is 2.40. The van der Waals surface area contributed by atoms with E-state index in [1.807, 2.05) is 0 Å². The molecular formula is C12H14N4O4. The average molecular weight is 278 g/mol. The van der Waals surface area contributed by atoms with Crippen molar-refractivity contribution in [1.82, 2.24) is 9.13 Å². The Morgan fingerprint density at radius 1 is 0.900 bits per heavy atom. The van der Waals surface area contributed by atoms with Crippen LogP contribution in [0, 0.1) is 0 Å². The topological polar surface area (TPSA) is 84.6 Å². The normalized spacial score (nSPS) is 13.4. The number of aromatic nitrogens is 2. The Bertz CT molecular complexity index is 756. The highest BCUT2D eigenvalue weighted by atomic mass is 16.2. The van der Waals surface area contributed by atoms with Crippen molar-refractivity contribution in [2.24, 2.45) is 14.1 Å². The van der Waals surface area contributed by atoms with E-state index in [2.05, 4.69) is 0 Å². The Morgan fingerprint density at radius 3 is 1.90 bits per heavy atom. The van der Waals surface area contributed by atoms with Crippen LogP contribution in [0.25, 0.3) is 0 Å². The second kappa shape index (κ2) is 4.48. The maximum Gasteiger partial charge on any atom is 0.332 e. The molecule has 0 spiro atoms. The number of nitrogens with zero attached hydrogens (tertiary/aromatic N) is 4. The third-order valence-electron chi connectivity index (χ3n) is 3.12. The van der Waals surface area contributed by atoms with Gasteiger partial charge in [-0.1, -0.05) is 0 Å². The van der Waals surface area contributed by atoms with Crippen LogP contribution in [0.5, 0.6) is 0 Å². The number of hydrogen-bond donors (Lipinski definition) is 0. The summed E-state index contributed by atoms with van der Waals surface area (Å²) >= 11 is 0. The van der Waals surface area contributed by atoms with Gasteiger partial charge in [0.25, 0.3) is 5.56 Å². The van der Waals surface area contributed by atoms with Gasteiger partial charge in [0.1, 0.15) is 0 Å². The van der Waals surface area contributed by atoms with Gasteiger partial charge in [-0.2, -0.15) is 0 Å². The number of amides is 2. The Balaban J connectivity index is 2.94. The van der Waals surface area contributed by atoms with E-state index >= 15 is 0 Å². The van der Waals surface area contributed by atoms with Gasteiger partial charge in [0, 0.05) is 40.3 Å². The van der Waals surface area contributed by atoms with Crippen LogP contribution in [0.4, 0.5) is 11.5 Å². The summed E-state index contributed by atoms with van der Waals surface area (Å²) in [5.41, 5.74) is -1.22. The van der Waals surface area contributed by atoms with Gasteiger partial charge in [-0.05, 0) is 0 Å². The van der Waals surface area contributed by atoms with E-state index in [-0.39, 0.29) is 23.3 Å². The highest BCUT2D eigenvalue weighted by Crippen LogP contribution is 2.28. The molecule has 0 saturated carbocycles. The van der Waals surface area contributed by atoms with Gasteiger partial charge >= 0.3 is 5.69 Å². The van der Waals surface area contributed by atoms with Crippen molar-refractivity contribution in [1.29, 1.82) is 0 Å². The summed E-state index contributed by atoms with van der Waals surface area (Å²) in [4.78, 5) is 49.8. The lowest BCUT2D eigenvalue weighted by Crippen LogP contribution is -2.46. The summed E-state index contributed by atoms with van der Waals surface area (Å²) in [5.74, 6) is -0.668. The second-order valence-corrected chi connectivity index (χ2v) is 4.45. The van der Waals surface area contributed by atoms with Crippen molar-refractivity contribution in [3.8, 4) is 0 Å². The molecule has 0 atom stereocenters. The van der Waals surface area contributed by atoms with Gasteiger partial charge in [-0.3, -0.25) is 33.3 Å². The van der Waals surface area contributed by atoms with Gasteiger partial charge < -0.3 is 0 Å². The minimum atomic E-state index is -0.631. The predicted molar refractivity (Wildman–Crippen MR) is 72.4 cm³/mol. The molecule has 0 aliphatic carbocycles. The van der Waals surface area contributed by atoms with E-state index in [0.717, 1.165) is 18.9 Å². The number of anilines is 2. The lowest BCUT2D eigenvalue weighted by Gasteiger charge is -2.30. The molecule has 1 aromatic heterocycles. The molecule has 8 heteroatoms. The number of rotatable bonds is 0. The predicted octanol–water partition coefficient (Wildman–Crippen LogP) is -0.725. The summed E-state index contributed by atoms with van der Waals surface area (Å²) in [5, 5.41) is 0. The number of carbonyl (C=O) groups excluding carboxylic acids is 2. The molecule has 0 radical (unpaired) electrons. The SMILES string of the molecule is CC(=O)N1C=CN(C(C)=O)c2c1c(=O)n(C)c(=O)n2C. The van der Waals surface area contributed by atoms with Crippen molar-refractivity contribution in [2.75, 3.05) is 9.80 Å². The van der Waals surface area contributed by atoms with Crippen LogP contribution in [0.1, 0.15) is 13.8 Å². The smallest absolute Gasteiger partial charge is 0.280 e. The molecule has 0 N–H and O–H groups in total. The van der Waals surface area contributed by atoms with Crippen LogP contribution in [0.3, 0.4) is 0 Å². The first-order valence-electron chi connectivity index (χ1n) is 5.85. The first-order chi connectivity index (χ1) is 9.27. The Morgan fingerprint density at radius 2 is 1.40 bits per heavy atom. The highest BCUT2D eigenvalue weighted by Gasteiger charge is 2.30. The van der Waals surface area contributed by atoms with Gasteiger partial charge in [-0.15, -0.1) is 0 Å². The van der Waals surface area contributed by atoms with Crippen LogP contribution in [0.2, 0.25) is 0 Å². The molecule has 2 amide bonds. The molecule has 0 bridgehead atoms. The second-order valence-electron chi connectivity index (χ2n) is 4.45. The van der Waals surface area contributed by atoms with Gasteiger partial charge in [0.2, 0.25) is 11.8 Å². The summed E-state index contributed by atoms with van der Waals surface area (Å²) in [6.45, 7) is 2.60. The number of carbonyl (C=O) groups is 2. The van der Waals surface area contributed by atoms with E-state index in [1.165, 1.54) is 40.3 Å². The fourth-order valence-electron chi connectivity index (χ4n) is 2.10. The first-order valence-corrected chi connectivity index (χ1v) is 5.85. The minimum Gasteiger partial charge on any atom is -0.280 e. The molecular weight excluding hydrogens is 264 g/mol. The molecule has 2 heterocycles. The zero-order valence-electron chi connectivity index (χ0n) is 11.6. The molecule has 0 unspecified atom stereocenters. The van der Waals surface area contributed by atoms with E-state index in [4.69, 9.17) is 0 Å². The molecule has 2 rings (SSSR count). The third kappa shape index (κ3) is 1.77. The van der Waals surface area contributed by atoms with E-state index in [9.17, 15) is 19.2 Å². The molecule has 0 aromatic carbocycles. The molecule has 1 aliphatic heterocycles. The quantitative estimate of drug-likeness (QED) is 0.626. The van der Waals surface area contributed by atoms with Gasteiger partial charge in [0.05, 0.1) is 0 Å². The van der Waals surface area contributed by atoms with Gasteiger partial charge in [0.15, 0.2) is 11.5 Å². The van der Waals surface area contributed by atoms with Crippen molar-refractivity contribution >= 4 is 23.3 Å². The number of hydrogen-bond acceptors (Lipinski definition) is 4. The molecule has 8 nitrogen and oxygen atoms in total. The van der Waals surface area contributed by atoms with Crippen molar-refractivity contribution in [2.45, 2.75) is 13.8 Å². The monoisotopic (exact) mass is 278 g/mol. The molecule has 0 fully saturated rings. The van der Waals surface area contributed by atoms with Crippen LogP contribution >= 0.6 is 0 Å². The van der Waals surface area contributed by atoms with Crippen molar-refractivity contribution < 1.29 is 9.59 Å². The molecule has 0 saturated heterocycles. The summed E-state index contributed by atoms with van der Waals surface area (Å²) < 4.78 is 2.06. The molecule has 1 aliphatic rings. The van der Waals surface area contributed by atoms with Crippen molar-refractivity contribution in [3.05, 3.63) is 33.2 Å². The molecule has 20 heavy (non-hydrogen) atoms. The van der Waals surface area contributed by atoms with Gasteiger partial charge in [-0.25, -0.2) is 4.79 Å². The standard InChI is InChI=1S/C12H14N4O4/c1-7(17)15-5-6-16(8(2)18)10-9(15)11(19)14(4)12(20)13(10)3/h5-6H,1-4H3. The first kappa shape index (κ1) is 13.8. The Labute approximate surface area is 114 Å². The van der Waals surface area contributed by atoms with Crippen LogP contribution in [-0.4, -0.2) is 20.9 Å². The Kier molecular flexibility index (Phi) is 3.09. The Hall–Kier alpha value is -2.64. The summed E-state index contributed by atoms with van der Waals surface area (Å²) in [6, 6.07) is 0. The third-order valence-corrected chi connectivity index (χ3v) is 3.12. The number of fused-ring (bicyclic) bond motifs is 1. The molecule has 1 aromatic rings. The highest BCUT2D eigenvalue weighted by molar-refractivity contribution is 6.03. The van der Waals surface area contributed by atoms with E-state index in [0.29, 0.717) is 0 Å². The summed E-state index contributed by atoms with van der Waals surface area (Å²) in [6.07, 6.45) is 2.68. The maximum atomic E-state index is 12.3. The van der Waals surface area contributed by atoms with E-state index in [1.54, 1.807) is 0 Å². The van der Waals surface area contributed by atoms with Crippen LogP contribution < -0.4 is 21.0 Å². The fourth-order valence-corrected chi connectivity index (χ4v) is 2.10. The maximum absolute atomic E-state index is 12.3. The fraction of sp³-hybridized carbons (Fsp3) is 0.333. The van der Waals surface area contributed by atoms with Crippen LogP contribution in [0.15, 0.2) is 22.0 Å². The lowest BCUT2D eigenvalue weighted by atomic mass is 10.3. The van der Waals surface area contributed by atoms with E-state index < -0.39 is 11.2 Å². The zero-order valence-corrected chi connectivity index (χ0v) is 11.6. The zero-order chi connectivity index (χ0) is 15.2. The summed E-state index contributed by atoms with van der Waals surface area (Å²) in [7, 11) is 2.76. The largest absolute Gasteiger partial charge is 0.332 e. The van der Waals surface area contributed by atoms with Crippen molar-refractivity contribution in [3.63, 3.8) is 0 Å². The lowest BCUT2D eigenvalue weighted by molar-refractivity contribution is -0.117. The minimum absolute atomic E-state index is 0.0141.